The third-order valence-corrected chi connectivity index (χ3v) is 0.905. The van der Waals surface area contributed by atoms with E-state index in [1.807, 2.05) is 0 Å². The Hall–Kier alpha value is -0.350. The van der Waals surface area contributed by atoms with Crippen LogP contribution in [0.5, 0.6) is 0 Å². The first kappa shape index (κ1) is 4.80. The zero-order chi connectivity index (χ0) is 5.28. The van der Waals surface area contributed by atoms with Crippen molar-refractivity contribution < 1.29 is 9.84 Å². The van der Waals surface area contributed by atoms with Gasteiger partial charge in [0.2, 0.25) is 6.29 Å². The lowest BCUT2D eigenvalue weighted by molar-refractivity contribution is 0.00344. The molecule has 0 spiro atoms. The average molecular weight is 119 g/mol. The molecule has 4 heteroatoms. The fourth-order valence-corrected chi connectivity index (χ4v) is 0.572. The molecule has 1 fully saturated rings. The molecule has 0 aliphatic carbocycles. The van der Waals surface area contributed by atoms with E-state index in [1.165, 1.54) is 0 Å². The lowest BCUT2D eigenvalue weighted by atomic mass is 10.7. The van der Waals surface area contributed by atoms with Crippen LogP contribution in [0, 0.1) is 0 Å². The van der Waals surface area contributed by atoms with Gasteiger partial charge in [-0.25, -0.2) is 0 Å². The average Bonchev–Trinajstić information content (AvgIpc) is 1.87. The first-order chi connectivity index (χ1) is 3.29. The summed E-state index contributed by atoms with van der Waals surface area (Å²) in [6.45, 7) is 0.416. The summed E-state index contributed by atoms with van der Waals surface area (Å²) in [5.41, 5.74) is 0. The molecule has 1 aliphatic heterocycles. The normalized spacial score (nSPS) is 29.3. The van der Waals surface area contributed by atoms with E-state index in [2.05, 4.69) is 22.3 Å². The molecular formula is C3H5NO2S. The summed E-state index contributed by atoms with van der Waals surface area (Å²) in [7, 11) is 0. The van der Waals surface area contributed by atoms with Crippen molar-refractivity contribution in [3.05, 3.63) is 0 Å². The maximum atomic E-state index is 8.53. The highest BCUT2D eigenvalue weighted by Crippen LogP contribution is 1.93. The predicted molar refractivity (Wildman–Crippen MR) is 27.7 cm³/mol. The number of thiocarbonyl (C=S) groups is 1. The molecule has 0 bridgehead atoms. The van der Waals surface area contributed by atoms with Crippen molar-refractivity contribution in [1.82, 2.24) is 5.32 Å². The third kappa shape index (κ3) is 1.01. The minimum Gasteiger partial charge on any atom is -0.439 e. The molecule has 0 aromatic heterocycles. The van der Waals surface area contributed by atoms with Crippen molar-refractivity contribution in [3.8, 4) is 0 Å². The van der Waals surface area contributed by atoms with Gasteiger partial charge < -0.3 is 15.2 Å². The van der Waals surface area contributed by atoms with E-state index in [0.29, 0.717) is 6.54 Å². The highest BCUT2D eigenvalue weighted by molar-refractivity contribution is 7.80. The van der Waals surface area contributed by atoms with Crippen molar-refractivity contribution in [2.75, 3.05) is 6.54 Å². The number of ether oxygens (including phenoxy) is 1. The van der Waals surface area contributed by atoms with Crippen LogP contribution >= 0.6 is 12.2 Å². The van der Waals surface area contributed by atoms with Crippen LogP contribution in [0.25, 0.3) is 0 Å². The zero-order valence-corrected chi connectivity index (χ0v) is 4.36. The number of hydrogen-bond donors (Lipinski definition) is 2. The van der Waals surface area contributed by atoms with Gasteiger partial charge >= 0.3 is 0 Å². The van der Waals surface area contributed by atoms with Crippen LogP contribution in [0.3, 0.4) is 0 Å². The second-order valence-electron chi connectivity index (χ2n) is 1.24. The summed E-state index contributed by atoms with van der Waals surface area (Å²) in [4.78, 5) is 0. The number of nitrogens with one attached hydrogen (secondary N) is 1. The molecule has 1 heterocycles. The molecule has 1 aliphatic rings. The largest absolute Gasteiger partial charge is 0.439 e. The minimum atomic E-state index is -0.729. The number of aliphatic hydroxyl groups is 1. The quantitative estimate of drug-likeness (QED) is 0.410. The van der Waals surface area contributed by atoms with Crippen molar-refractivity contribution in [2.24, 2.45) is 0 Å². The highest BCUT2D eigenvalue weighted by Gasteiger charge is 2.14. The van der Waals surface area contributed by atoms with Gasteiger partial charge in [0.05, 0.1) is 6.54 Å². The van der Waals surface area contributed by atoms with Crippen LogP contribution < -0.4 is 5.32 Å². The zero-order valence-electron chi connectivity index (χ0n) is 3.55. The summed E-state index contributed by atoms with van der Waals surface area (Å²) in [5, 5.41) is 11.4. The van der Waals surface area contributed by atoms with E-state index in [9.17, 15) is 0 Å². The summed E-state index contributed by atoms with van der Waals surface area (Å²) < 4.78 is 4.54. The van der Waals surface area contributed by atoms with Gasteiger partial charge in [0, 0.05) is 0 Å². The Morgan fingerprint density at radius 2 is 2.71 bits per heavy atom. The summed E-state index contributed by atoms with van der Waals surface area (Å²) in [6.07, 6.45) is -0.729. The molecule has 3 nitrogen and oxygen atoms in total. The Labute approximate surface area is 46.3 Å². The molecule has 0 aromatic carbocycles. The number of β-amino-alcohol motifs (C(OH)–C–C–N with tert-alkyl or cyclic N) is 1. The van der Waals surface area contributed by atoms with E-state index < -0.39 is 6.29 Å². The summed E-state index contributed by atoms with van der Waals surface area (Å²) in [6, 6.07) is 0. The van der Waals surface area contributed by atoms with Crippen LogP contribution in [0.1, 0.15) is 0 Å². The van der Waals surface area contributed by atoms with Crippen LogP contribution in [0.2, 0.25) is 0 Å². The number of hydrogen-bond acceptors (Lipinski definition) is 3. The molecule has 1 unspecified atom stereocenters. The maximum absolute atomic E-state index is 8.53. The Balaban J connectivity index is 2.40. The van der Waals surface area contributed by atoms with Crippen LogP contribution in [0.15, 0.2) is 0 Å². The Morgan fingerprint density at radius 3 is 2.86 bits per heavy atom. The van der Waals surface area contributed by atoms with Crippen molar-refractivity contribution >= 4 is 17.4 Å². The van der Waals surface area contributed by atoms with Gasteiger partial charge in [-0.3, -0.25) is 0 Å². The van der Waals surface area contributed by atoms with E-state index in [1.54, 1.807) is 0 Å². The summed E-state index contributed by atoms with van der Waals surface area (Å²) >= 11 is 4.50. The van der Waals surface area contributed by atoms with Crippen LogP contribution in [-0.4, -0.2) is 23.1 Å². The lowest BCUT2D eigenvalue weighted by Crippen LogP contribution is -2.13. The third-order valence-electron chi connectivity index (χ3n) is 0.664. The first-order valence-electron chi connectivity index (χ1n) is 1.91. The second kappa shape index (κ2) is 1.63. The van der Waals surface area contributed by atoms with Gasteiger partial charge in [-0.05, 0) is 12.2 Å². The van der Waals surface area contributed by atoms with E-state index in [0.717, 1.165) is 0 Å². The summed E-state index contributed by atoms with van der Waals surface area (Å²) in [5.74, 6) is 0. The molecule has 0 radical (unpaired) electrons. The maximum Gasteiger partial charge on any atom is 0.259 e. The van der Waals surface area contributed by atoms with Gasteiger partial charge in [0.15, 0.2) is 0 Å². The lowest BCUT2D eigenvalue weighted by Gasteiger charge is -1.93. The molecule has 0 aromatic rings. The van der Waals surface area contributed by atoms with Gasteiger partial charge in [-0.1, -0.05) is 0 Å². The van der Waals surface area contributed by atoms with Crippen molar-refractivity contribution in [2.45, 2.75) is 6.29 Å². The van der Waals surface area contributed by atoms with E-state index >= 15 is 0 Å². The number of rotatable bonds is 0. The highest BCUT2D eigenvalue weighted by atomic mass is 32.1. The minimum absolute atomic E-state index is 0.285. The van der Waals surface area contributed by atoms with Crippen LogP contribution in [0.4, 0.5) is 0 Å². The Bertz CT molecular complexity index is 94.9. The van der Waals surface area contributed by atoms with Crippen LogP contribution in [-0.2, 0) is 4.74 Å². The van der Waals surface area contributed by atoms with E-state index in [4.69, 9.17) is 5.11 Å². The first-order valence-corrected chi connectivity index (χ1v) is 2.32. The predicted octanol–water partition coefficient (Wildman–Crippen LogP) is -0.790. The van der Waals surface area contributed by atoms with Gasteiger partial charge in [-0.2, -0.15) is 0 Å². The fraction of sp³-hybridized carbons (Fsp3) is 0.667. The Morgan fingerprint density at radius 1 is 2.00 bits per heavy atom. The van der Waals surface area contributed by atoms with Gasteiger partial charge in [0.25, 0.3) is 5.17 Å². The molecule has 0 amide bonds. The molecule has 40 valence electrons. The van der Waals surface area contributed by atoms with E-state index in [-0.39, 0.29) is 5.17 Å². The topological polar surface area (TPSA) is 41.5 Å². The monoisotopic (exact) mass is 119 g/mol. The molecule has 0 saturated carbocycles. The molecule has 1 atom stereocenters. The standard InChI is InChI=1S/C3H5NO2S/c5-2-1-4-3(7)6-2/h2,5H,1H2,(H,4,7). The van der Waals surface area contributed by atoms with Gasteiger partial charge in [0.1, 0.15) is 0 Å². The molecule has 1 rings (SSSR count). The SMILES string of the molecule is OC1CNC(=S)O1. The van der Waals surface area contributed by atoms with Crippen molar-refractivity contribution in [3.63, 3.8) is 0 Å². The molecular weight excluding hydrogens is 114 g/mol. The van der Waals surface area contributed by atoms with Gasteiger partial charge in [-0.15, -0.1) is 0 Å². The molecule has 7 heavy (non-hydrogen) atoms. The fourth-order valence-electron chi connectivity index (χ4n) is 0.378. The number of aliphatic hydroxyl groups excluding tert-OH is 1. The van der Waals surface area contributed by atoms with Crippen molar-refractivity contribution in [1.29, 1.82) is 0 Å². The Kier molecular flexibility index (Phi) is 1.12. The molecule has 1 saturated heterocycles. The second-order valence-corrected chi connectivity index (χ2v) is 1.61. The smallest absolute Gasteiger partial charge is 0.259 e. The molecule has 2 N–H and O–H groups in total.